The number of nitrogens with one attached hydrogen (secondary N) is 1. The van der Waals surface area contributed by atoms with Crippen LogP contribution in [0.5, 0.6) is 0 Å². The summed E-state index contributed by atoms with van der Waals surface area (Å²) in [6.07, 6.45) is 2.13. The zero-order valence-electron chi connectivity index (χ0n) is 14.1. The Morgan fingerprint density at radius 3 is 2.16 bits per heavy atom. The second-order valence-electron chi connectivity index (χ2n) is 6.75. The number of halogens is 1. The molecule has 1 aliphatic carbocycles. The van der Waals surface area contributed by atoms with Crippen molar-refractivity contribution in [2.75, 3.05) is 31.1 Å². The lowest BCUT2D eigenvalue weighted by molar-refractivity contribution is 0.375. The van der Waals surface area contributed by atoms with E-state index in [1.54, 1.807) is 0 Å². The van der Waals surface area contributed by atoms with Crippen LogP contribution >= 0.6 is 23.8 Å². The first-order valence-corrected chi connectivity index (χ1v) is 9.61. The third-order valence-corrected chi connectivity index (χ3v) is 5.83. The Balaban J connectivity index is 1.31. The zero-order chi connectivity index (χ0) is 17.2. The molecule has 0 amide bonds. The van der Waals surface area contributed by atoms with Crippen molar-refractivity contribution >= 4 is 34.6 Å². The smallest absolute Gasteiger partial charge is 0.169 e. The summed E-state index contributed by atoms with van der Waals surface area (Å²) in [5.74, 6) is 0. The average molecular weight is 372 g/mol. The highest BCUT2D eigenvalue weighted by Crippen LogP contribution is 2.26. The van der Waals surface area contributed by atoms with Crippen LogP contribution in [0.15, 0.2) is 48.5 Å². The van der Waals surface area contributed by atoms with Crippen molar-refractivity contribution in [3.8, 4) is 0 Å². The van der Waals surface area contributed by atoms with E-state index in [0.717, 1.165) is 54.8 Å². The number of thiocarbonyl (C=S) groups is 1. The van der Waals surface area contributed by atoms with Gasteiger partial charge in [0.1, 0.15) is 0 Å². The van der Waals surface area contributed by atoms with Crippen LogP contribution in [0.2, 0.25) is 5.02 Å². The molecule has 1 N–H and O–H groups in total. The summed E-state index contributed by atoms with van der Waals surface area (Å²) in [5.41, 5.74) is 4.02. The first kappa shape index (κ1) is 16.7. The molecule has 25 heavy (non-hydrogen) atoms. The molecule has 1 saturated heterocycles. The predicted octanol–water partition coefficient (Wildman–Crippen LogP) is 3.50. The quantitative estimate of drug-likeness (QED) is 0.814. The number of hydrogen-bond donors (Lipinski definition) is 1. The average Bonchev–Trinajstić information content (AvgIpc) is 3.04. The van der Waals surface area contributed by atoms with E-state index >= 15 is 0 Å². The van der Waals surface area contributed by atoms with E-state index in [9.17, 15) is 0 Å². The van der Waals surface area contributed by atoms with Gasteiger partial charge in [0.15, 0.2) is 5.11 Å². The molecule has 0 atom stereocenters. The zero-order valence-corrected chi connectivity index (χ0v) is 15.7. The summed E-state index contributed by atoms with van der Waals surface area (Å²) in [4.78, 5) is 4.62. The molecule has 3 nitrogen and oxygen atoms in total. The van der Waals surface area contributed by atoms with Crippen LogP contribution in [0, 0.1) is 0 Å². The monoisotopic (exact) mass is 371 g/mol. The highest BCUT2D eigenvalue weighted by Gasteiger charge is 2.25. The molecule has 0 spiro atoms. The molecule has 5 heteroatoms. The highest BCUT2D eigenvalue weighted by atomic mass is 35.5. The molecule has 1 fully saturated rings. The fraction of sp³-hybridized carbons (Fsp3) is 0.350. The van der Waals surface area contributed by atoms with E-state index in [-0.39, 0.29) is 0 Å². The Labute approximate surface area is 159 Å². The molecule has 1 heterocycles. The van der Waals surface area contributed by atoms with Gasteiger partial charge in [0.2, 0.25) is 0 Å². The Kier molecular flexibility index (Phi) is 4.82. The van der Waals surface area contributed by atoms with Crippen LogP contribution in [-0.2, 0) is 12.8 Å². The first-order valence-electron chi connectivity index (χ1n) is 8.82. The highest BCUT2D eigenvalue weighted by molar-refractivity contribution is 7.80. The van der Waals surface area contributed by atoms with Gasteiger partial charge in [0.05, 0.1) is 10.7 Å². The van der Waals surface area contributed by atoms with Gasteiger partial charge >= 0.3 is 0 Å². The van der Waals surface area contributed by atoms with Gasteiger partial charge in [-0.05, 0) is 48.3 Å². The molecule has 0 unspecified atom stereocenters. The summed E-state index contributed by atoms with van der Waals surface area (Å²) < 4.78 is 0. The molecule has 2 aromatic rings. The maximum Gasteiger partial charge on any atom is 0.169 e. The minimum absolute atomic E-state index is 0.423. The van der Waals surface area contributed by atoms with Gasteiger partial charge in [-0.1, -0.05) is 48.0 Å². The lowest BCUT2D eigenvalue weighted by atomic mass is 10.1. The third-order valence-electron chi connectivity index (χ3n) is 5.14. The Morgan fingerprint density at radius 1 is 0.920 bits per heavy atom. The maximum atomic E-state index is 6.32. The van der Waals surface area contributed by atoms with Crippen molar-refractivity contribution in [1.29, 1.82) is 0 Å². The molecule has 0 radical (unpaired) electrons. The first-order chi connectivity index (χ1) is 12.2. The number of para-hydroxylation sites is 1. The second-order valence-corrected chi connectivity index (χ2v) is 7.54. The molecule has 0 aromatic heterocycles. The van der Waals surface area contributed by atoms with Crippen molar-refractivity contribution in [3.63, 3.8) is 0 Å². The van der Waals surface area contributed by atoms with Crippen LogP contribution in [0.4, 0.5) is 5.69 Å². The van der Waals surface area contributed by atoms with Crippen LogP contribution < -0.4 is 10.2 Å². The van der Waals surface area contributed by atoms with Crippen molar-refractivity contribution in [1.82, 2.24) is 10.2 Å². The van der Waals surface area contributed by atoms with Crippen molar-refractivity contribution < 1.29 is 0 Å². The van der Waals surface area contributed by atoms with Gasteiger partial charge in [0.25, 0.3) is 0 Å². The number of fused-ring (bicyclic) bond motifs is 1. The van der Waals surface area contributed by atoms with Crippen molar-refractivity contribution in [3.05, 3.63) is 64.7 Å². The number of anilines is 1. The molecule has 0 saturated carbocycles. The number of piperazine rings is 1. The van der Waals surface area contributed by atoms with Gasteiger partial charge < -0.3 is 15.1 Å². The van der Waals surface area contributed by atoms with Crippen LogP contribution in [0.25, 0.3) is 0 Å². The summed E-state index contributed by atoms with van der Waals surface area (Å²) >= 11 is 12.0. The fourth-order valence-electron chi connectivity index (χ4n) is 3.79. The third kappa shape index (κ3) is 3.60. The van der Waals surface area contributed by atoms with Gasteiger partial charge in [-0.3, -0.25) is 0 Å². The lowest BCUT2D eigenvalue weighted by Gasteiger charge is -2.38. The fourth-order valence-corrected chi connectivity index (χ4v) is 4.39. The molecular weight excluding hydrogens is 350 g/mol. The van der Waals surface area contributed by atoms with E-state index in [0.29, 0.717) is 6.04 Å². The van der Waals surface area contributed by atoms with Crippen LogP contribution in [0.1, 0.15) is 11.1 Å². The van der Waals surface area contributed by atoms with Gasteiger partial charge in [-0.2, -0.15) is 0 Å². The summed E-state index contributed by atoms with van der Waals surface area (Å²) in [7, 11) is 0. The number of benzene rings is 2. The SMILES string of the molecule is S=C(NC1Cc2ccccc2C1)N1CCN(c2ccccc2Cl)CC1. The van der Waals surface area contributed by atoms with Gasteiger partial charge in [0, 0.05) is 32.2 Å². The summed E-state index contributed by atoms with van der Waals surface area (Å²) in [5, 5.41) is 5.28. The predicted molar refractivity (Wildman–Crippen MR) is 109 cm³/mol. The van der Waals surface area contributed by atoms with Gasteiger partial charge in [-0.15, -0.1) is 0 Å². The summed E-state index contributed by atoms with van der Waals surface area (Å²) in [6.45, 7) is 3.74. The van der Waals surface area contributed by atoms with E-state index in [2.05, 4.69) is 45.4 Å². The number of nitrogens with zero attached hydrogens (tertiary/aromatic N) is 2. The second kappa shape index (κ2) is 7.22. The van der Waals surface area contributed by atoms with Gasteiger partial charge in [-0.25, -0.2) is 0 Å². The molecule has 0 bridgehead atoms. The molecule has 1 aliphatic heterocycles. The molecule has 130 valence electrons. The summed E-state index contributed by atoms with van der Waals surface area (Å²) in [6, 6.07) is 17.2. The van der Waals surface area contributed by atoms with E-state index in [4.69, 9.17) is 23.8 Å². The Hall–Kier alpha value is -1.78. The van der Waals surface area contributed by atoms with Crippen LogP contribution in [-0.4, -0.2) is 42.2 Å². The Bertz CT molecular complexity index is 746. The van der Waals surface area contributed by atoms with E-state index < -0.39 is 0 Å². The lowest BCUT2D eigenvalue weighted by Crippen LogP contribution is -2.53. The van der Waals surface area contributed by atoms with Crippen molar-refractivity contribution in [2.24, 2.45) is 0 Å². The minimum atomic E-state index is 0.423. The Morgan fingerprint density at radius 2 is 1.52 bits per heavy atom. The van der Waals surface area contributed by atoms with E-state index in [1.165, 1.54) is 11.1 Å². The topological polar surface area (TPSA) is 18.5 Å². The standard InChI is InChI=1S/C20H22ClN3S/c21-18-7-3-4-8-19(18)23-9-11-24(12-10-23)20(25)22-17-13-15-5-1-2-6-16(15)14-17/h1-8,17H,9-14H2,(H,22,25). The number of rotatable bonds is 2. The molecular formula is C20H22ClN3S. The normalized spacial score (nSPS) is 17.5. The molecule has 4 rings (SSSR count). The van der Waals surface area contributed by atoms with Crippen LogP contribution in [0.3, 0.4) is 0 Å². The largest absolute Gasteiger partial charge is 0.367 e. The minimum Gasteiger partial charge on any atom is -0.367 e. The molecule has 2 aromatic carbocycles. The van der Waals surface area contributed by atoms with Crippen molar-refractivity contribution in [2.45, 2.75) is 18.9 Å². The maximum absolute atomic E-state index is 6.32. The molecule has 2 aliphatic rings. The number of hydrogen-bond acceptors (Lipinski definition) is 2. The van der Waals surface area contributed by atoms with E-state index in [1.807, 2.05) is 18.2 Å².